The van der Waals surface area contributed by atoms with Gasteiger partial charge in [0.05, 0.1) is 17.9 Å². The highest BCUT2D eigenvalue weighted by Gasteiger charge is 2.31. The second-order valence-electron chi connectivity index (χ2n) is 6.42. The van der Waals surface area contributed by atoms with Crippen LogP contribution in [0.15, 0.2) is 0 Å². The first-order chi connectivity index (χ1) is 10.2. The predicted molar refractivity (Wildman–Crippen MR) is 88.3 cm³/mol. The first-order valence-electron chi connectivity index (χ1n) is 8.28. The van der Waals surface area contributed by atoms with Crippen LogP contribution >= 0.6 is 11.3 Å². The summed E-state index contributed by atoms with van der Waals surface area (Å²) < 4.78 is 5.84. The third-order valence-corrected chi connectivity index (χ3v) is 5.21. The minimum Gasteiger partial charge on any atom is -0.372 e. The van der Waals surface area contributed by atoms with Crippen molar-refractivity contribution in [3.63, 3.8) is 0 Å². The second-order valence-corrected chi connectivity index (χ2v) is 7.48. The summed E-state index contributed by atoms with van der Waals surface area (Å²) in [5.41, 5.74) is 1.37. The molecule has 2 fully saturated rings. The number of anilines is 1. The van der Waals surface area contributed by atoms with Crippen molar-refractivity contribution in [3.8, 4) is 0 Å². The average Bonchev–Trinajstić information content (AvgIpc) is 3.19. The highest BCUT2D eigenvalue weighted by atomic mass is 32.1. The van der Waals surface area contributed by atoms with Gasteiger partial charge in [-0.25, -0.2) is 4.98 Å². The third-order valence-electron chi connectivity index (χ3n) is 4.08. The van der Waals surface area contributed by atoms with E-state index >= 15 is 0 Å². The van der Waals surface area contributed by atoms with Gasteiger partial charge >= 0.3 is 0 Å². The molecular formula is C16H27N3OS. The van der Waals surface area contributed by atoms with E-state index in [-0.39, 0.29) is 0 Å². The number of nitrogens with zero attached hydrogens (tertiary/aromatic N) is 2. The van der Waals surface area contributed by atoms with Crippen LogP contribution in [0.3, 0.4) is 0 Å². The molecule has 21 heavy (non-hydrogen) atoms. The van der Waals surface area contributed by atoms with Crippen LogP contribution in [0.4, 0.5) is 5.13 Å². The zero-order valence-corrected chi connectivity index (χ0v) is 14.2. The minimum absolute atomic E-state index is 0.295. The van der Waals surface area contributed by atoms with Gasteiger partial charge in [0.2, 0.25) is 0 Å². The minimum atomic E-state index is 0.295. The van der Waals surface area contributed by atoms with Gasteiger partial charge < -0.3 is 15.0 Å². The molecule has 1 saturated carbocycles. The second kappa shape index (κ2) is 6.63. The third kappa shape index (κ3) is 3.76. The Balaban J connectivity index is 1.74. The van der Waals surface area contributed by atoms with E-state index in [0.717, 1.165) is 32.1 Å². The first kappa shape index (κ1) is 15.3. The smallest absolute Gasteiger partial charge is 0.186 e. The summed E-state index contributed by atoms with van der Waals surface area (Å²) >= 11 is 1.89. The Kier molecular flexibility index (Phi) is 4.82. The highest BCUT2D eigenvalue weighted by Crippen LogP contribution is 2.44. The molecule has 2 aliphatic rings. The Morgan fingerprint density at radius 3 is 2.62 bits per heavy atom. The molecule has 5 heteroatoms. The lowest BCUT2D eigenvalue weighted by molar-refractivity contribution is -0.00523. The van der Waals surface area contributed by atoms with E-state index in [1.165, 1.54) is 35.0 Å². The molecule has 1 aromatic heterocycles. The van der Waals surface area contributed by atoms with Gasteiger partial charge in [0.1, 0.15) is 0 Å². The summed E-state index contributed by atoms with van der Waals surface area (Å²) in [7, 11) is 0. The molecule has 4 nitrogen and oxygen atoms in total. The van der Waals surface area contributed by atoms with Gasteiger partial charge in [0.15, 0.2) is 5.13 Å². The molecule has 2 heterocycles. The summed E-state index contributed by atoms with van der Waals surface area (Å²) in [6, 6.07) is 0. The van der Waals surface area contributed by atoms with E-state index in [0.29, 0.717) is 12.2 Å². The summed E-state index contributed by atoms with van der Waals surface area (Å²) in [4.78, 5) is 8.86. The highest BCUT2D eigenvalue weighted by molar-refractivity contribution is 7.15. The van der Waals surface area contributed by atoms with Crippen LogP contribution < -0.4 is 10.2 Å². The Hall–Kier alpha value is -0.650. The number of morpholine rings is 1. The average molecular weight is 309 g/mol. The fourth-order valence-electron chi connectivity index (χ4n) is 3.00. The standard InChI is InChI=1S/C16H27N3OS/c1-4-7-17-8-14-15(13-5-6-13)18-16(21-14)19-9-11(2)20-12(3)10-19/h11-13,17H,4-10H2,1-3H3/t11-,12+. The zero-order chi connectivity index (χ0) is 14.8. The maximum Gasteiger partial charge on any atom is 0.186 e. The number of nitrogens with one attached hydrogen (secondary N) is 1. The summed E-state index contributed by atoms with van der Waals surface area (Å²) in [5.74, 6) is 0.726. The molecular weight excluding hydrogens is 282 g/mol. The van der Waals surface area contributed by atoms with Crippen LogP contribution in [0.5, 0.6) is 0 Å². The molecule has 0 unspecified atom stereocenters. The number of hydrogen-bond donors (Lipinski definition) is 1. The molecule has 1 aliphatic heterocycles. The lowest BCUT2D eigenvalue weighted by Gasteiger charge is -2.35. The van der Waals surface area contributed by atoms with Gasteiger partial charge in [-0.1, -0.05) is 6.92 Å². The van der Waals surface area contributed by atoms with Crippen molar-refractivity contribution in [2.75, 3.05) is 24.5 Å². The molecule has 0 bridgehead atoms. The number of hydrogen-bond acceptors (Lipinski definition) is 5. The van der Waals surface area contributed by atoms with Crippen molar-refractivity contribution in [2.24, 2.45) is 0 Å². The van der Waals surface area contributed by atoms with Gasteiger partial charge in [-0.2, -0.15) is 0 Å². The van der Waals surface area contributed by atoms with Crippen LogP contribution in [0.2, 0.25) is 0 Å². The van der Waals surface area contributed by atoms with E-state index < -0.39 is 0 Å². The van der Waals surface area contributed by atoms with Crippen molar-refractivity contribution in [2.45, 2.75) is 64.7 Å². The van der Waals surface area contributed by atoms with E-state index in [1.54, 1.807) is 0 Å². The molecule has 1 aliphatic carbocycles. The van der Waals surface area contributed by atoms with Crippen LogP contribution in [0, 0.1) is 0 Å². The Morgan fingerprint density at radius 2 is 2.00 bits per heavy atom. The maximum absolute atomic E-state index is 5.84. The Morgan fingerprint density at radius 1 is 1.29 bits per heavy atom. The molecule has 1 saturated heterocycles. The zero-order valence-electron chi connectivity index (χ0n) is 13.4. The lowest BCUT2D eigenvalue weighted by atomic mass is 10.2. The molecule has 0 radical (unpaired) electrons. The van der Waals surface area contributed by atoms with Crippen molar-refractivity contribution < 1.29 is 4.74 Å². The van der Waals surface area contributed by atoms with Crippen LogP contribution in [-0.4, -0.2) is 36.8 Å². The topological polar surface area (TPSA) is 37.4 Å². The largest absolute Gasteiger partial charge is 0.372 e. The lowest BCUT2D eigenvalue weighted by Crippen LogP contribution is -2.45. The monoisotopic (exact) mass is 309 g/mol. The number of ether oxygens (including phenoxy) is 1. The van der Waals surface area contributed by atoms with E-state index in [4.69, 9.17) is 9.72 Å². The molecule has 118 valence electrons. The maximum atomic E-state index is 5.84. The summed E-state index contributed by atoms with van der Waals surface area (Å²) in [6.45, 7) is 10.5. The molecule has 1 aromatic rings. The van der Waals surface area contributed by atoms with Gasteiger partial charge in [0.25, 0.3) is 0 Å². The molecule has 1 N–H and O–H groups in total. The molecule has 0 amide bonds. The van der Waals surface area contributed by atoms with Gasteiger partial charge in [-0.15, -0.1) is 11.3 Å². The molecule has 2 atom stereocenters. The Bertz CT molecular complexity index is 462. The molecule has 0 spiro atoms. The van der Waals surface area contributed by atoms with E-state index in [2.05, 4.69) is 31.0 Å². The number of thiazole rings is 1. The number of rotatable bonds is 6. The van der Waals surface area contributed by atoms with Crippen molar-refractivity contribution in [1.29, 1.82) is 0 Å². The first-order valence-corrected chi connectivity index (χ1v) is 9.09. The van der Waals surface area contributed by atoms with Gasteiger partial charge in [-0.05, 0) is 39.7 Å². The number of aromatic nitrogens is 1. The normalized spacial score (nSPS) is 26.3. The fraction of sp³-hybridized carbons (Fsp3) is 0.812. The fourth-order valence-corrected chi connectivity index (χ4v) is 4.13. The van der Waals surface area contributed by atoms with Gasteiger partial charge in [0, 0.05) is 30.4 Å². The van der Waals surface area contributed by atoms with Crippen molar-refractivity contribution >= 4 is 16.5 Å². The summed E-state index contributed by atoms with van der Waals surface area (Å²) in [5, 5.41) is 4.74. The predicted octanol–water partition coefficient (Wildman–Crippen LogP) is 3.13. The van der Waals surface area contributed by atoms with Crippen LogP contribution in [0.25, 0.3) is 0 Å². The summed E-state index contributed by atoms with van der Waals surface area (Å²) in [6.07, 6.45) is 4.41. The van der Waals surface area contributed by atoms with E-state index in [9.17, 15) is 0 Å². The van der Waals surface area contributed by atoms with Crippen LogP contribution in [-0.2, 0) is 11.3 Å². The quantitative estimate of drug-likeness (QED) is 0.819. The SMILES string of the molecule is CCCNCc1sc(N2C[C@@H](C)O[C@@H](C)C2)nc1C1CC1. The van der Waals surface area contributed by atoms with Gasteiger partial charge in [-0.3, -0.25) is 0 Å². The Labute approximate surface area is 131 Å². The molecule has 0 aromatic carbocycles. The van der Waals surface area contributed by atoms with Crippen molar-refractivity contribution in [3.05, 3.63) is 10.6 Å². The molecule has 3 rings (SSSR count). The van der Waals surface area contributed by atoms with Crippen molar-refractivity contribution in [1.82, 2.24) is 10.3 Å². The van der Waals surface area contributed by atoms with E-state index in [1.807, 2.05) is 11.3 Å². The van der Waals surface area contributed by atoms with Crippen LogP contribution in [0.1, 0.15) is 56.5 Å².